The van der Waals surface area contributed by atoms with Gasteiger partial charge < -0.3 is 5.73 Å². The maximum atomic E-state index is 11.0. The molecule has 0 aliphatic rings. The number of carbonyl (C=O) groups excluding carboxylic acids is 1. The summed E-state index contributed by atoms with van der Waals surface area (Å²) in [5, 5.41) is 1.13. The van der Waals surface area contributed by atoms with Crippen LogP contribution in [-0.4, -0.2) is 31.2 Å². The van der Waals surface area contributed by atoms with Crippen LogP contribution in [0.25, 0.3) is 0 Å². The number of likely N-dealkylation sites (N-methyl/N-ethyl adjacent to an activating group) is 1. The molecule has 0 aromatic rings. The van der Waals surface area contributed by atoms with Crippen LogP contribution in [0.15, 0.2) is 0 Å². The summed E-state index contributed by atoms with van der Waals surface area (Å²) in [6.45, 7) is 1.85. The maximum absolute atomic E-state index is 11.0. The molecule has 0 unspecified atom stereocenters. The topological polar surface area (TPSA) is 55.6 Å². The summed E-state index contributed by atoms with van der Waals surface area (Å²) in [4.78, 5) is 15.6. The van der Waals surface area contributed by atoms with Crippen molar-refractivity contribution in [2.75, 3.05) is 14.2 Å². The molecule has 4 heteroatoms. The molecular formula is C6H14N2O2. The minimum Gasteiger partial charge on any atom is -0.320 e. The Labute approximate surface area is 60.9 Å². The Kier molecular flexibility index (Phi) is 3.99. The van der Waals surface area contributed by atoms with Crippen molar-refractivity contribution in [1.82, 2.24) is 5.06 Å². The first-order chi connectivity index (χ1) is 4.63. The molecular weight excluding hydrogens is 132 g/mol. The van der Waals surface area contributed by atoms with Gasteiger partial charge in [-0.25, -0.2) is 5.06 Å². The Morgan fingerprint density at radius 1 is 1.80 bits per heavy atom. The standard InChI is InChI=1S/C6H14N2O2/c1-4-5(7)6(9)8(2)10-3/h5H,4,7H2,1-3H3/t5-/m0/s1. The van der Waals surface area contributed by atoms with E-state index in [9.17, 15) is 4.79 Å². The van der Waals surface area contributed by atoms with Gasteiger partial charge in [0, 0.05) is 7.05 Å². The zero-order valence-electron chi connectivity index (χ0n) is 6.63. The highest BCUT2D eigenvalue weighted by molar-refractivity contribution is 5.80. The van der Waals surface area contributed by atoms with E-state index in [1.54, 1.807) is 0 Å². The summed E-state index contributed by atoms with van der Waals surface area (Å²) in [6.07, 6.45) is 0.631. The molecule has 0 aromatic carbocycles. The molecule has 0 spiro atoms. The van der Waals surface area contributed by atoms with Crippen molar-refractivity contribution in [1.29, 1.82) is 0 Å². The second-order valence-electron chi connectivity index (χ2n) is 2.03. The third-order valence-corrected chi connectivity index (χ3v) is 1.34. The van der Waals surface area contributed by atoms with Gasteiger partial charge in [0.2, 0.25) is 0 Å². The van der Waals surface area contributed by atoms with Gasteiger partial charge in [0.1, 0.15) is 0 Å². The van der Waals surface area contributed by atoms with Crippen molar-refractivity contribution in [3.8, 4) is 0 Å². The van der Waals surface area contributed by atoms with E-state index in [4.69, 9.17) is 5.73 Å². The lowest BCUT2D eigenvalue weighted by Gasteiger charge is -2.16. The smallest absolute Gasteiger partial charge is 0.262 e. The van der Waals surface area contributed by atoms with Crippen LogP contribution in [0.2, 0.25) is 0 Å². The van der Waals surface area contributed by atoms with Crippen molar-refractivity contribution in [3.05, 3.63) is 0 Å². The van der Waals surface area contributed by atoms with Crippen LogP contribution in [0, 0.1) is 0 Å². The molecule has 0 rings (SSSR count). The molecule has 0 fully saturated rings. The molecule has 0 aliphatic carbocycles. The van der Waals surface area contributed by atoms with Crippen LogP contribution < -0.4 is 5.73 Å². The Morgan fingerprint density at radius 3 is 2.60 bits per heavy atom. The third kappa shape index (κ3) is 2.33. The van der Waals surface area contributed by atoms with E-state index in [2.05, 4.69) is 4.84 Å². The Hall–Kier alpha value is -0.610. The van der Waals surface area contributed by atoms with Crippen LogP contribution in [-0.2, 0) is 9.63 Å². The van der Waals surface area contributed by atoms with E-state index >= 15 is 0 Å². The van der Waals surface area contributed by atoms with E-state index in [1.165, 1.54) is 14.2 Å². The summed E-state index contributed by atoms with van der Waals surface area (Å²) in [6, 6.07) is -0.440. The van der Waals surface area contributed by atoms with Gasteiger partial charge in [-0.05, 0) is 6.42 Å². The van der Waals surface area contributed by atoms with E-state index in [1.807, 2.05) is 6.92 Å². The van der Waals surface area contributed by atoms with Gasteiger partial charge >= 0.3 is 0 Å². The quantitative estimate of drug-likeness (QED) is 0.558. The molecule has 2 N–H and O–H groups in total. The van der Waals surface area contributed by atoms with Crippen LogP contribution in [0.4, 0.5) is 0 Å². The molecule has 0 radical (unpaired) electrons. The number of carbonyl (C=O) groups is 1. The summed E-state index contributed by atoms with van der Waals surface area (Å²) in [7, 11) is 2.97. The summed E-state index contributed by atoms with van der Waals surface area (Å²) >= 11 is 0. The second-order valence-corrected chi connectivity index (χ2v) is 2.03. The number of amides is 1. The molecule has 0 bridgehead atoms. The van der Waals surface area contributed by atoms with Gasteiger partial charge in [-0.2, -0.15) is 0 Å². The normalized spacial score (nSPS) is 12.8. The summed E-state index contributed by atoms with van der Waals surface area (Å²) in [5.74, 6) is -0.190. The maximum Gasteiger partial charge on any atom is 0.262 e. The van der Waals surface area contributed by atoms with Crippen molar-refractivity contribution >= 4 is 5.91 Å². The van der Waals surface area contributed by atoms with E-state index < -0.39 is 6.04 Å². The van der Waals surface area contributed by atoms with Crippen molar-refractivity contribution in [2.24, 2.45) is 5.73 Å². The number of hydrogen-bond donors (Lipinski definition) is 1. The number of nitrogens with two attached hydrogens (primary N) is 1. The number of rotatable bonds is 3. The van der Waals surface area contributed by atoms with E-state index in [-0.39, 0.29) is 5.91 Å². The predicted octanol–water partition coefficient (Wildman–Crippen LogP) is -0.256. The van der Waals surface area contributed by atoms with Gasteiger partial charge in [-0.1, -0.05) is 6.92 Å². The minimum absolute atomic E-state index is 0.190. The fraction of sp³-hybridized carbons (Fsp3) is 0.833. The van der Waals surface area contributed by atoms with Crippen molar-refractivity contribution in [3.63, 3.8) is 0 Å². The zero-order chi connectivity index (χ0) is 8.15. The lowest BCUT2D eigenvalue weighted by atomic mass is 10.2. The van der Waals surface area contributed by atoms with Gasteiger partial charge in [0.05, 0.1) is 13.2 Å². The predicted molar refractivity (Wildman–Crippen MR) is 38.0 cm³/mol. The van der Waals surface area contributed by atoms with Crippen molar-refractivity contribution < 1.29 is 9.63 Å². The highest BCUT2D eigenvalue weighted by Crippen LogP contribution is 1.92. The van der Waals surface area contributed by atoms with Gasteiger partial charge in [0.15, 0.2) is 0 Å². The number of hydrogen-bond acceptors (Lipinski definition) is 3. The third-order valence-electron chi connectivity index (χ3n) is 1.34. The van der Waals surface area contributed by atoms with Crippen LogP contribution >= 0.6 is 0 Å². The largest absolute Gasteiger partial charge is 0.320 e. The molecule has 60 valence electrons. The van der Waals surface area contributed by atoms with E-state index in [0.29, 0.717) is 6.42 Å². The molecule has 0 aliphatic heterocycles. The fourth-order valence-corrected chi connectivity index (χ4v) is 0.498. The van der Waals surface area contributed by atoms with Crippen LogP contribution in [0.1, 0.15) is 13.3 Å². The van der Waals surface area contributed by atoms with Gasteiger partial charge in [-0.3, -0.25) is 9.63 Å². The first-order valence-corrected chi connectivity index (χ1v) is 3.20. The van der Waals surface area contributed by atoms with E-state index in [0.717, 1.165) is 5.06 Å². The first kappa shape index (κ1) is 9.39. The first-order valence-electron chi connectivity index (χ1n) is 3.20. The van der Waals surface area contributed by atoms with Crippen LogP contribution in [0.3, 0.4) is 0 Å². The second kappa shape index (κ2) is 4.24. The molecule has 0 heterocycles. The molecule has 1 amide bonds. The van der Waals surface area contributed by atoms with Crippen LogP contribution in [0.5, 0.6) is 0 Å². The monoisotopic (exact) mass is 146 g/mol. The molecule has 0 aromatic heterocycles. The average Bonchev–Trinajstić information content (AvgIpc) is 2.00. The summed E-state index contributed by atoms with van der Waals surface area (Å²) in [5.41, 5.74) is 5.42. The zero-order valence-corrected chi connectivity index (χ0v) is 6.63. The summed E-state index contributed by atoms with van der Waals surface area (Å²) < 4.78 is 0. The molecule has 0 saturated carbocycles. The average molecular weight is 146 g/mol. The highest BCUT2D eigenvalue weighted by Gasteiger charge is 2.14. The molecule has 1 atom stereocenters. The lowest BCUT2D eigenvalue weighted by Crippen LogP contribution is -2.40. The van der Waals surface area contributed by atoms with Crippen molar-refractivity contribution in [2.45, 2.75) is 19.4 Å². The molecule has 4 nitrogen and oxygen atoms in total. The SMILES string of the molecule is CC[C@H](N)C(=O)N(C)OC. The Morgan fingerprint density at radius 2 is 2.30 bits per heavy atom. The highest BCUT2D eigenvalue weighted by atomic mass is 16.7. The van der Waals surface area contributed by atoms with Gasteiger partial charge in [-0.15, -0.1) is 0 Å². The lowest BCUT2D eigenvalue weighted by molar-refractivity contribution is -0.170. The minimum atomic E-state index is -0.440. The Balaban J connectivity index is 3.82. The van der Waals surface area contributed by atoms with Gasteiger partial charge in [0.25, 0.3) is 5.91 Å². The molecule has 10 heavy (non-hydrogen) atoms. The molecule has 0 saturated heterocycles. The fourth-order valence-electron chi connectivity index (χ4n) is 0.498. The Bertz CT molecular complexity index is 104. The number of nitrogens with zero attached hydrogens (tertiary/aromatic N) is 1. The number of hydroxylamine groups is 2.